The maximum absolute atomic E-state index is 12.4. The number of ether oxygens (including phenoxy) is 2. The van der Waals surface area contributed by atoms with Crippen LogP contribution >= 0.6 is 11.8 Å². The normalized spacial score (nSPS) is 13.0. The fraction of sp³-hybridized carbons (Fsp3) is 0.267. The Labute approximate surface area is 253 Å². The fourth-order valence-electron chi connectivity index (χ4n) is 3.99. The van der Waals surface area contributed by atoms with E-state index in [4.69, 9.17) is 21.1 Å². The first-order chi connectivity index (χ1) is 19.0. The summed E-state index contributed by atoms with van der Waals surface area (Å²) in [6, 6.07) is 24.8. The van der Waals surface area contributed by atoms with Crippen LogP contribution in [0.2, 0.25) is 0 Å². The predicted molar refractivity (Wildman–Crippen MR) is 157 cm³/mol. The third-order valence-electron chi connectivity index (χ3n) is 5.95. The molecular formula is C30H35IrN4O4S-. The zero-order chi connectivity index (χ0) is 28.0. The van der Waals surface area contributed by atoms with Crippen LogP contribution in [0.3, 0.4) is 0 Å². The maximum atomic E-state index is 12.4. The maximum Gasteiger partial charge on any atom is 0.340 e. The molecule has 1 radical (unpaired) electrons. The van der Waals surface area contributed by atoms with Gasteiger partial charge in [-0.25, -0.2) is 9.59 Å². The second-order valence-electron chi connectivity index (χ2n) is 8.41. The molecule has 3 aromatic carbocycles. The molecule has 1 aliphatic rings. The van der Waals surface area contributed by atoms with Crippen LogP contribution in [0, 0.1) is 0 Å². The molecule has 1 aliphatic heterocycles. The van der Waals surface area contributed by atoms with Crippen LogP contribution in [-0.4, -0.2) is 31.8 Å². The summed E-state index contributed by atoms with van der Waals surface area (Å²) in [7, 11) is 0. The number of benzene rings is 3. The minimum atomic E-state index is -0.890. The number of nitrogens with two attached hydrogens (primary N) is 2. The van der Waals surface area contributed by atoms with Gasteiger partial charge in [0, 0.05) is 43.8 Å². The molecule has 4 N–H and O–H groups in total. The topological polar surface area (TPSA) is 122 Å². The molecule has 0 spiro atoms. The Morgan fingerprint density at radius 1 is 0.850 bits per heavy atom. The molecule has 1 saturated heterocycles. The van der Waals surface area contributed by atoms with Crippen molar-refractivity contribution in [3.63, 3.8) is 0 Å². The third kappa shape index (κ3) is 9.41. The SMILES string of the molecule is CC.N[N-]/C(C(=O)OCOC(=O)c1ccccc1)=C(\N)Sc1ccc(-c2ccc(N3CCCCC3)cc2)cc1.[Ir]. The molecule has 0 saturated carbocycles. The molecule has 1 heterocycles. The zero-order valence-electron chi connectivity index (χ0n) is 22.7. The van der Waals surface area contributed by atoms with Crippen LogP contribution in [0.5, 0.6) is 0 Å². The van der Waals surface area contributed by atoms with E-state index in [0.29, 0.717) is 5.56 Å². The largest absolute Gasteiger partial charge is 0.617 e. The molecule has 0 amide bonds. The van der Waals surface area contributed by atoms with E-state index in [9.17, 15) is 9.59 Å². The van der Waals surface area contributed by atoms with Gasteiger partial charge in [-0.2, -0.15) is 0 Å². The van der Waals surface area contributed by atoms with Gasteiger partial charge >= 0.3 is 11.9 Å². The molecule has 8 nitrogen and oxygen atoms in total. The average Bonchev–Trinajstić information content (AvgIpc) is 3.00. The first-order valence-electron chi connectivity index (χ1n) is 13.0. The van der Waals surface area contributed by atoms with Gasteiger partial charge in [0.05, 0.1) is 10.6 Å². The first-order valence-corrected chi connectivity index (χ1v) is 13.8. The number of hydrogen-bond donors (Lipinski definition) is 2. The molecular weight excluding hydrogens is 705 g/mol. The van der Waals surface area contributed by atoms with E-state index in [1.54, 1.807) is 30.3 Å². The van der Waals surface area contributed by atoms with E-state index in [0.717, 1.165) is 40.9 Å². The van der Waals surface area contributed by atoms with Crippen molar-refractivity contribution < 1.29 is 39.2 Å². The number of esters is 2. The van der Waals surface area contributed by atoms with Crippen molar-refractivity contribution in [2.45, 2.75) is 38.0 Å². The fourth-order valence-corrected chi connectivity index (χ4v) is 4.75. The quantitative estimate of drug-likeness (QED) is 0.0666. The Hall–Kier alpha value is -3.30. The Kier molecular flexibility index (Phi) is 14.3. The Morgan fingerprint density at radius 3 is 2.00 bits per heavy atom. The van der Waals surface area contributed by atoms with Gasteiger partial charge in [-0.15, -0.1) is 0 Å². The molecule has 10 heteroatoms. The van der Waals surface area contributed by atoms with Crippen LogP contribution in [0.4, 0.5) is 5.69 Å². The second kappa shape index (κ2) is 17.4. The molecule has 40 heavy (non-hydrogen) atoms. The number of rotatable bonds is 9. The van der Waals surface area contributed by atoms with E-state index in [1.165, 1.54) is 24.9 Å². The molecule has 215 valence electrons. The summed E-state index contributed by atoms with van der Waals surface area (Å²) < 4.78 is 9.92. The first kappa shape index (κ1) is 32.9. The Balaban J connectivity index is 0.00000183. The van der Waals surface area contributed by atoms with Crippen molar-refractivity contribution in [1.29, 1.82) is 0 Å². The average molecular weight is 740 g/mol. The van der Waals surface area contributed by atoms with Gasteiger partial charge in [0.1, 0.15) is 0 Å². The zero-order valence-corrected chi connectivity index (χ0v) is 25.9. The number of anilines is 1. The van der Waals surface area contributed by atoms with Crippen molar-refractivity contribution >= 4 is 29.4 Å². The number of hydrogen-bond acceptors (Lipinski definition) is 8. The van der Waals surface area contributed by atoms with Gasteiger partial charge in [-0.1, -0.05) is 68.1 Å². The molecule has 0 aliphatic carbocycles. The summed E-state index contributed by atoms with van der Waals surface area (Å²) in [5, 5.41) is 0.0699. The van der Waals surface area contributed by atoms with E-state index in [-0.39, 0.29) is 30.8 Å². The molecule has 0 unspecified atom stereocenters. The van der Waals surface area contributed by atoms with Crippen molar-refractivity contribution in [1.82, 2.24) is 0 Å². The van der Waals surface area contributed by atoms with Gasteiger partial charge in [0.2, 0.25) is 6.79 Å². The number of carbonyl (C=O) groups excluding carboxylic acids is 2. The minimum Gasteiger partial charge on any atom is -0.617 e. The van der Waals surface area contributed by atoms with Crippen LogP contribution in [0.15, 0.2) is 94.5 Å². The van der Waals surface area contributed by atoms with Gasteiger partial charge in [0.25, 0.3) is 0 Å². The molecule has 3 aromatic rings. The van der Waals surface area contributed by atoms with E-state index in [1.807, 2.05) is 38.1 Å². The van der Waals surface area contributed by atoms with Gasteiger partial charge < -0.3 is 31.4 Å². The van der Waals surface area contributed by atoms with Crippen molar-refractivity contribution in [3.05, 3.63) is 101 Å². The van der Waals surface area contributed by atoms with Gasteiger partial charge in [-0.05, 0) is 72.5 Å². The minimum absolute atomic E-state index is 0. The summed E-state index contributed by atoms with van der Waals surface area (Å²) in [6.07, 6.45) is 3.80. The monoisotopic (exact) mass is 740 g/mol. The van der Waals surface area contributed by atoms with E-state index < -0.39 is 18.7 Å². The number of thioether (sulfide) groups is 1. The molecule has 0 atom stereocenters. The van der Waals surface area contributed by atoms with Crippen molar-refractivity contribution in [3.8, 4) is 11.1 Å². The summed E-state index contributed by atoms with van der Waals surface area (Å²) in [5.74, 6) is 3.87. The second-order valence-corrected chi connectivity index (χ2v) is 9.53. The van der Waals surface area contributed by atoms with Crippen LogP contribution in [0.25, 0.3) is 16.6 Å². The van der Waals surface area contributed by atoms with Crippen LogP contribution < -0.4 is 16.5 Å². The molecule has 0 aromatic heterocycles. The Morgan fingerprint density at radius 2 is 1.43 bits per heavy atom. The smallest absolute Gasteiger partial charge is 0.340 e. The van der Waals surface area contributed by atoms with Crippen molar-refractivity contribution in [2.24, 2.45) is 11.6 Å². The summed E-state index contributed by atoms with van der Waals surface area (Å²) in [5.41, 5.74) is 13.1. The summed E-state index contributed by atoms with van der Waals surface area (Å²) >= 11 is 1.13. The molecule has 1 fully saturated rings. The molecule has 4 rings (SSSR count). The van der Waals surface area contributed by atoms with E-state index in [2.05, 4.69) is 34.6 Å². The number of nitrogens with zero attached hydrogens (tertiary/aromatic N) is 2. The van der Waals surface area contributed by atoms with Crippen LogP contribution in [-0.2, 0) is 34.4 Å². The van der Waals surface area contributed by atoms with Gasteiger partial charge in [0.15, 0.2) is 0 Å². The van der Waals surface area contributed by atoms with Crippen molar-refractivity contribution in [2.75, 3.05) is 24.8 Å². The molecule has 0 bridgehead atoms. The standard InChI is InChI=1S/C28H29N4O4S.C2H6.Ir/c29-26(25(31-30)28(34)36-19-35-27(33)22-7-3-1-4-8-22)37-24-15-11-21(12-16-24)20-9-13-23(14-10-20)32-17-5-2-6-18-32;1-2;/h1,3-4,7-16H,2,5-6,17-19,30H2,(H2,29,34);1-2H3;/q-1;;. The van der Waals surface area contributed by atoms with Crippen LogP contribution in [0.1, 0.15) is 43.5 Å². The summed E-state index contributed by atoms with van der Waals surface area (Å²) in [4.78, 5) is 27.6. The predicted octanol–water partition coefficient (Wildman–Crippen LogP) is 6.19. The Bertz CT molecular complexity index is 1230. The summed E-state index contributed by atoms with van der Waals surface area (Å²) in [6.45, 7) is 5.64. The van der Waals surface area contributed by atoms with Gasteiger partial charge in [-0.3, -0.25) is 0 Å². The van der Waals surface area contributed by atoms with E-state index >= 15 is 0 Å². The number of piperidine rings is 1. The third-order valence-corrected chi connectivity index (χ3v) is 6.87. The number of carbonyl (C=O) groups is 2.